The molecule has 2 aromatic rings. The van der Waals surface area contributed by atoms with E-state index < -0.39 is 96.7 Å². The zero-order valence-corrected chi connectivity index (χ0v) is 28.7. The Morgan fingerprint density at radius 2 is 1.08 bits per heavy atom. The quantitative estimate of drug-likeness (QED) is 0.172. The maximum atomic E-state index is 13.7. The molecule has 7 amide bonds. The van der Waals surface area contributed by atoms with Crippen molar-refractivity contribution in [2.45, 2.75) is 83.3 Å². The SMILES string of the molecule is CC[C@H](C)[C@@H]1NC(=O)[C@H]([C@@H](C)O)NC(=O)CNC(=O)[C@H](C)NC(=O)[C@H](Cc2ccccc2)NC(=O)CNC(=O)[C@H](Cc2ccccc2)NC1=O. The van der Waals surface area contributed by atoms with Gasteiger partial charge in [0.2, 0.25) is 41.4 Å². The van der Waals surface area contributed by atoms with Crippen LogP contribution in [0.2, 0.25) is 0 Å². The van der Waals surface area contributed by atoms with Gasteiger partial charge in [0, 0.05) is 12.8 Å². The number of aliphatic hydroxyl groups excluding tert-OH is 1. The number of carbonyl (C=O) groups excluding carboxylic acids is 7. The molecule has 0 radical (unpaired) electrons. The Morgan fingerprint density at radius 3 is 1.60 bits per heavy atom. The number of aliphatic hydroxyl groups is 1. The van der Waals surface area contributed by atoms with Crippen LogP contribution in [0.3, 0.4) is 0 Å². The van der Waals surface area contributed by atoms with E-state index >= 15 is 0 Å². The Hall–Kier alpha value is -5.31. The first kappa shape index (κ1) is 39.1. The maximum Gasteiger partial charge on any atom is 0.245 e. The lowest BCUT2D eigenvalue weighted by Crippen LogP contribution is -2.61. The third-order valence-electron chi connectivity index (χ3n) is 8.32. The minimum atomic E-state index is -1.50. The second-order valence-electron chi connectivity index (χ2n) is 12.4. The van der Waals surface area contributed by atoms with Crippen molar-refractivity contribution >= 4 is 41.4 Å². The number of amides is 7. The van der Waals surface area contributed by atoms with E-state index in [9.17, 15) is 38.7 Å². The van der Waals surface area contributed by atoms with Crippen LogP contribution >= 0.6 is 0 Å². The summed E-state index contributed by atoms with van der Waals surface area (Å²) < 4.78 is 0. The summed E-state index contributed by atoms with van der Waals surface area (Å²) in [6.07, 6.45) is -0.834. The summed E-state index contributed by atoms with van der Waals surface area (Å²) >= 11 is 0. The zero-order chi connectivity index (χ0) is 36.8. The number of benzene rings is 2. The Balaban J connectivity index is 1.96. The van der Waals surface area contributed by atoms with Gasteiger partial charge in [-0.2, -0.15) is 0 Å². The normalized spacial score (nSPS) is 24.8. The second kappa shape index (κ2) is 19.0. The van der Waals surface area contributed by atoms with Crippen LogP contribution in [0, 0.1) is 5.92 Å². The molecule has 0 unspecified atom stereocenters. The van der Waals surface area contributed by atoms with Gasteiger partial charge in [0.15, 0.2) is 0 Å². The van der Waals surface area contributed by atoms with Gasteiger partial charge in [-0.3, -0.25) is 33.6 Å². The van der Waals surface area contributed by atoms with Gasteiger partial charge in [-0.05, 0) is 30.9 Å². The number of nitrogens with one attached hydrogen (secondary N) is 7. The molecule has 0 aromatic heterocycles. The molecule has 0 bridgehead atoms. The zero-order valence-electron chi connectivity index (χ0n) is 28.7. The lowest BCUT2D eigenvalue weighted by molar-refractivity contribution is -0.136. The summed E-state index contributed by atoms with van der Waals surface area (Å²) in [7, 11) is 0. The van der Waals surface area contributed by atoms with Gasteiger partial charge < -0.3 is 42.3 Å². The lowest BCUT2D eigenvalue weighted by Gasteiger charge is -2.29. The van der Waals surface area contributed by atoms with E-state index in [0.717, 1.165) is 0 Å². The van der Waals surface area contributed by atoms with Crippen LogP contribution in [0.25, 0.3) is 0 Å². The molecule has 1 fully saturated rings. The predicted molar refractivity (Wildman–Crippen MR) is 183 cm³/mol. The first-order valence-electron chi connectivity index (χ1n) is 16.6. The summed E-state index contributed by atoms with van der Waals surface area (Å²) in [6, 6.07) is 11.6. The highest BCUT2D eigenvalue weighted by molar-refractivity contribution is 5.97. The monoisotopic (exact) mass is 693 g/mol. The Morgan fingerprint density at radius 1 is 0.600 bits per heavy atom. The first-order valence-corrected chi connectivity index (χ1v) is 16.6. The fourth-order valence-electron chi connectivity index (χ4n) is 5.19. The average molecular weight is 694 g/mol. The number of hydrogen-bond acceptors (Lipinski definition) is 8. The molecular formula is C35H47N7O8. The van der Waals surface area contributed by atoms with E-state index in [4.69, 9.17) is 0 Å². The second-order valence-corrected chi connectivity index (χ2v) is 12.4. The maximum absolute atomic E-state index is 13.7. The molecule has 270 valence electrons. The van der Waals surface area contributed by atoms with Crippen molar-refractivity contribution in [2.24, 2.45) is 5.92 Å². The molecule has 0 saturated carbocycles. The number of carbonyl (C=O) groups is 7. The van der Waals surface area contributed by atoms with Gasteiger partial charge in [-0.25, -0.2) is 0 Å². The van der Waals surface area contributed by atoms with Crippen molar-refractivity contribution in [1.82, 2.24) is 37.2 Å². The van der Waals surface area contributed by atoms with E-state index in [1.807, 2.05) is 0 Å². The molecule has 1 heterocycles. The van der Waals surface area contributed by atoms with E-state index in [-0.39, 0.29) is 12.8 Å². The topological polar surface area (TPSA) is 224 Å². The van der Waals surface area contributed by atoms with E-state index in [0.29, 0.717) is 17.5 Å². The standard InChI is InChI=1S/C35H47N7O8/c1-5-20(2)29-34(49)40-25(16-23-12-8-6-9-13-23)32(47)37-18-27(44)39-26(17-24-14-10-7-11-15-24)33(48)38-21(3)31(46)36-19-28(45)41-30(22(4)43)35(50)42-29/h6-15,20-22,25-26,29-30,43H,5,16-19H2,1-4H3,(H,36,46)(H,37,47)(H,38,48)(H,39,44)(H,40,49)(H,41,45)(H,42,50)/t20-,21-,22+,25-,26-,29-,30-/m0/s1. The van der Waals surface area contributed by atoms with E-state index in [1.165, 1.54) is 13.8 Å². The Kier molecular flexibility index (Phi) is 14.9. The van der Waals surface area contributed by atoms with E-state index in [2.05, 4.69) is 37.2 Å². The molecule has 0 spiro atoms. The molecular weight excluding hydrogens is 646 g/mol. The average Bonchev–Trinajstić information content (AvgIpc) is 3.09. The fraction of sp³-hybridized carbons (Fsp3) is 0.457. The van der Waals surface area contributed by atoms with Crippen LogP contribution < -0.4 is 37.2 Å². The van der Waals surface area contributed by atoms with Gasteiger partial charge >= 0.3 is 0 Å². The Labute approximate surface area is 291 Å². The van der Waals surface area contributed by atoms with E-state index in [1.54, 1.807) is 74.5 Å². The molecule has 3 rings (SSSR count). The molecule has 15 nitrogen and oxygen atoms in total. The van der Waals surface area contributed by atoms with Gasteiger partial charge in [0.1, 0.15) is 30.2 Å². The van der Waals surface area contributed by atoms with Crippen molar-refractivity contribution in [3.05, 3.63) is 71.8 Å². The molecule has 1 saturated heterocycles. The summed E-state index contributed by atoms with van der Waals surface area (Å²) in [4.78, 5) is 92.6. The van der Waals surface area contributed by atoms with Crippen LogP contribution in [-0.2, 0) is 46.4 Å². The number of rotatable bonds is 7. The third kappa shape index (κ3) is 12.0. The summed E-state index contributed by atoms with van der Waals surface area (Å²) in [5.74, 6) is -5.64. The molecule has 2 aromatic carbocycles. The minimum absolute atomic E-state index is 0.0471. The van der Waals surface area contributed by atoms with Crippen molar-refractivity contribution in [1.29, 1.82) is 0 Å². The summed E-state index contributed by atoms with van der Waals surface area (Å²) in [5.41, 5.74) is 1.43. The number of hydrogen-bond donors (Lipinski definition) is 8. The van der Waals surface area contributed by atoms with Crippen molar-refractivity contribution in [3.63, 3.8) is 0 Å². The molecule has 15 heteroatoms. The van der Waals surface area contributed by atoms with Crippen molar-refractivity contribution in [2.75, 3.05) is 13.1 Å². The van der Waals surface area contributed by atoms with Crippen molar-refractivity contribution < 1.29 is 38.7 Å². The van der Waals surface area contributed by atoms with Crippen molar-refractivity contribution in [3.8, 4) is 0 Å². The van der Waals surface area contributed by atoms with Crippen LogP contribution in [0.15, 0.2) is 60.7 Å². The predicted octanol–water partition coefficient (Wildman–Crippen LogP) is -1.41. The largest absolute Gasteiger partial charge is 0.391 e. The molecule has 8 N–H and O–H groups in total. The molecule has 1 aliphatic rings. The highest BCUT2D eigenvalue weighted by Gasteiger charge is 2.34. The fourth-order valence-corrected chi connectivity index (χ4v) is 5.19. The third-order valence-corrected chi connectivity index (χ3v) is 8.32. The van der Waals surface area contributed by atoms with Crippen LogP contribution in [-0.4, -0.2) is 95.9 Å². The van der Waals surface area contributed by atoms with Gasteiger partial charge in [-0.15, -0.1) is 0 Å². The molecule has 7 atom stereocenters. The van der Waals surface area contributed by atoms with Gasteiger partial charge in [-0.1, -0.05) is 80.9 Å². The summed E-state index contributed by atoms with van der Waals surface area (Å²) in [5, 5.41) is 28.1. The first-order chi connectivity index (χ1) is 23.8. The molecule has 0 aliphatic carbocycles. The lowest BCUT2D eigenvalue weighted by atomic mass is 9.96. The van der Waals surface area contributed by atoms with Gasteiger partial charge in [0.05, 0.1) is 19.2 Å². The highest BCUT2D eigenvalue weighted by Crippen LogP contribution is 2.11. The minimum Gasteiger partial charge on any atom is -0.391 e. The highest BCUT2D eigenvalue weighted by atomic mass is 16.3. The van der Waals surface area contributed by atoms with Crippen LogP contribution in [0.5, 0.6) is 0 Å². The Bertz CT molecular complexity index is 1500. The van der Waals surface area contributed by atoms with Crippen LogP contribution in [0.1, 0.15) is 45.2 Å². The molecule has 1 aliphatic heterocycles. The summed E-state index contributed by atoms with van der Waals surface area (Å²) in [6.45, 7) is 5.06. The smallest absolute Gasteiger partial charge is 0.245 e. The van der Waals surface area contributed by atoms with Gasteiger partial charge in [0.25, 0.3) is 0 Å². The molecule has 50 heavy (non-hydrogen) atoms. The van der Waals surface area contributed by atoms with Crippen LogP contribution in [0.4, 0.5) is 0 Å².